The summed E-state index contributed by atoms with van der Waals surface area (Å²) in [4.78, 5) is 26.6. The summed E-state index contributed by atoms with van der Waals surface area (Å²) in [5.41, 5.74) is 0. The minimum atomic E-state index is -0.683. The zero-order valence-corrected chi connectivity index (χ0v) is 24.9. The minimum absolute atomic E-state index is 0.0844. The van der Waals surface area contributed by atoms with Crippen LogP contribution in [0.15, 0.2) is 0 Å². The van der Waals surface area contributed by atoms with E-state index in [9.17, 15) is 9.59 Å². The molecule has 1 atom stereocenters. The van der Waals surface area contributed by atoms with E-state index in [2.05, 4.69) is 39.5 Å². The van der Waals surface area contributed by atoms with Crippen molar-refractivity contribution < 1.29 is 23.8 Å². The van der Waals surface area contributed by atoms with E-state index in [0.29, 0.717) is 18.9 Å². The summed E-state index contributed by atoms with van der Waals surface area (Å²) in [5.74, 6) is -0.0620. The first-order valence-electron chi connectivity index (χ1n) is 15.5. The fraction of sp³-hybridized carbons (Fsp3) is 0.903. The van der Waals surface area contributed by atoms with Gasteiger partial charge in [-0.05, 0) is 45.2 Å². The molecule has 0 amide bonds. The topological polar surface area (TPSA) is 65.1 Å². The van der Waals surface area contributed by atoms with Crippen LogP contribution < -0.4 is 0 Å². The molecule has 0 spiro atoms. The van der Waals surface area contributed by atoms with Crippen LogP contribution in [-0.4, -0.2) is 56.5 Å². The normalized spacial score (nSPS) is 12.2. The van der Waals surface area contributed by atoms with Gasteiger partial charge in [0.1, 0.15) is 6.61 Å². The Bertz CT molecular complexity index is 508. The minimum Gasteiger partial charge on any atom is -0.465 e. The number of carbonyl (C=O) groups is 2. The average Bonchev–Trinajstić information content (AvgIpc) is 2.90. The highest BCUT2D eigenvalue weighted by Crippen LogP contribution is 2.23. The molecule has 0 saturated carbocycles. The number of hydrogen-bond donors (Lipinski definition) is 0. The monoisotopic (exact) mass is 526 g/mol. The number of rotatable bonds is 26. The van der Waals surface area contributed by atoms with Gasteiger partial charge in [-0.3, -0.25) is 4.79 Å². The van der Waals surface area contributed by atoms with Gasteiger partial charge < -0.3 is 19.1 Å². The molecule has 6 heteroatoms. The van der Waals surface area contributed by atoms with Crippen LogP contribution in [0, 0.1) is 18.8 Å². The average molecular weight is 527 g/mol. The zero-order chi connectivity index (χ0) is 27.6. The van der Waals surface area contributed by atoms with E-state index in [-0.39, 0.29) is 25.1 Å². The maximum Gasteiger partial charge on any atom is 0.508 e. The molecule has 0 aliphatic carbocycles. The van der Waals surface area contributed by atoms with Crippen molar-refractivity contribution in [2.75, 3.05) is 39.5 Å². The van der Waals surface area contributed by atoms with Gasteiger partial charge in [-0.25, -0.2) is 4.79 Å². The van der Waals surface area contributed by atoms with E-state index in [1.807, 2.05) is 0 Å². The molecular formula is C31H60NO5. The lowest BCUT2D eigenvalue weighted by molar-refractivity contribution is -0.146. The molecule has 219 valence electrons. The van der Waals surface area contributed by atoms with Crippen molar-refractivity contribution in [1.29, 1.82) is 0 Å². The first kappa shape index (κ1) is 35.7. The van der Waals surface area contributed by atoms with Gasteiger partial charge in [-0.15, -0.1) is 0 Å². The zero-order valence-electron chi connectivity index (χ0n) is 24.9. The highest BCUT2D eigenvalue weighted by molar-refractivity contribution is 5.69. The first-order valence-corrected chi connectivity index (χ1v) is 15.5. The molecule has 37 heavy (non-hydrogen) atoms. The molecule has 0 aliphatic heterocycles. The van der Waals surface area contributed by atoms with E-state index >= 15 is 0 Å². The number of nitrogens with zero attached hydrogens (tertiary/aromatic N) is 1. The highest BCUT2D eigenvalue weighted by Gasteiger charge is 2.17. The third-order valence-corrected chi connectivity index (χ3v) is 7.04. The van der Waals surface area contributed by atoms with Crippen molar-refractivity contribution >= 4 is 12.1 Å². The summed E-state index contributed by atoms with van der Waals surface area (Å²) in [7, 11) is 0. The molecule has 0 aromatic carbocycles. The van der Waals surface area contributed by atoms with Gasteiger partial charge in [0.15, 0.2) is 0 Å². The van der Waals surface area contributed by atoms with Gasteiger partial charge in [-0.2, -0.15) is 0 Å². The molecule has 0 aromatic rings. The fourth-order valence-corrected chi connectivity index (χ4v) is 4.54. The number of ether oxygens (including phenoxy) is 3. The van der Waals surface area contributed by atoms with Crippen LogP contribution in [-0.2, 0) is 19.0 Å². The molecule has 0 aliphatic rings. The summed E-state index contributed by atoms with van der Waals surface area (Å²) in [6.07, 6.45) is 18.1. The maximum atomic E-state index is 12.5. The second kappa shape index (κ2) is 26.3. The van der Waals surface area contributed by atoms with Crippen molar-refractivity contribution in [2.45, 2.75) is 130 Å². The van der Waals surface area contributed by atoms with Crippen molar-refractivity contribution in [3.05, 3.63) is 6.92 Å². The molecule has 1 unspecified atom stereocenters. The van der Waals surface area contributed by atoms with Crippen LogP contribution in [0.5, 0.6) is 0 Å². The highest BCUT2D eigenvalue weighted by atomic mass is 16.7. The Balaban J connectivity index is 4.19. The smallest absolute Gasteiger partial charge is 0.465 e. The number of esters is 1. The summed E-state index contributed by atoms with van der Waals surface area (Å²) < 4.78 is 15.8. The van der Waals surface area contributed by atoms with Gasteiger partial charge in [0.2, 0.25) is 0 Å². The Labute approximate surface area is 229 Å². The molecular weight excluding hydrogens is 466 g/mol. The second-order valence-electron chi connectivity index (χ2n) is 10.5. The van der Waals surface area contributed by atoms with Gasteiger partial charge >= 0.3 is 12.1 Å². The molecule has 0 aromatic heterocycles. The van der Waals surface area contributed by atoms with E-state index in [1.165, 1.54) is 77.0 Å². The van der Waals surface area contributed by atoms with Gasteiger partial charge in [0, 0.05) is 18.9 Å². The molecule has 6 nitrogen and oxygen atoms in total. The molecule has 0 saturated heterocycles. The molecule has 0 rings (SSSR count). The lowest BCUT2D eigenvalue weighted by atomic mass is 9.91. The van der Waals surface area contributed by atoms with Gasteiger partial charge in [0.05, 0.1) is 13.2 Å². The van der Waals surface area contributed by atoms with Crippen LogP contribution in [0.2, 0.25) is 0 Å². The van der Waals surface area contributed by atoms with E-state index in [4.69, 9.17) is 14.2 Å². The van der Waals surface area contributed by atoms with Gasteiger partial charge in [-0.1, -0.05) is 105 Å². The Morgan fingerprint density at radius 2 is 1.19 bits per heavy atom. The molecule has 0 heterocycles. The van der Waals surface area contributed by atoms with Crippen molar-refractivity contribution in [2.24, 2.45) is 11.8 Å². The van der Waals surface area contributed by atoms with E-state index in [0.717, 1.165) is 38.9 Å². The summed E-state index contributed by atoms with van der Waals surface area (Å²) in [6, 6.07) is 0. The summed E-state index contributed by atoms with van der Waals surface area (Å²) >= 11 is 0. The Kier molecular flexibility index (Phi) is 25.4. The Morgan fingerprint density at radius 1 is 0.676 bits per heavy atom. The van der Waals surface area contributed by atoms with Crippen LogP contribution in [0.25, 0.3) is 0 Å². The first-order chi connectivity index (χ1) is 18.0. The standard InChI is InChI=1S/C31H60NO5/c1-6-10-12-14-16-18-21-29(22-19-17-15-13-11-7-2)25-30(33)36-26-28(5)27-37-31(34)35-24-20-23-32(8-3)9-4/h28-29H,5-27H2,1-4H3. The van der Waals surface area contributed by atoms with Crippen LogP contribution >= 0.6 is 0 Å². The van der Waals surface area contributed by atoms with Gasteiger partial charge in [0.25, 0.3) is 0 Å². The van der Waals surface area contributed by atoms with E-state index in [1.54, 1.807) is 0 Å². The maximum absolute atomic E-state index is 12.5. The Hall–Kier alpha value is -1.30. The Morgan fingerprint density at radius 3 is 1.73 bits per heavy atom. The number of hydrogen-bond acceptors (Lipinski definition) is 6. The molecule has 0 fully saturated rings. The summed E-state index contributed by atoms with van der Waals surface area (Å²) in [6.45, 7) is 16.1. The van der Waals surface area contributed by atoms with Crippen molar-refractivity contribution in [3.8, 4) is 0 Å². The number of unbranched alkanes of at least 4 members (excludes halogenated alkanes) is 10. The van der Waals surface area contributed by atoms with Crippen LogP contribution in [0.1, 0.15) is 130 Å². The predicted octanol–water partition coefficient (Wildman–Crippen LogP) is 8.37. The summed E-state index contributed by atoms with van der Waals surface area (Å²) in [5, 5.41) is 0. The SMILES string of the molecule is [CH2]C(COC(=O)CC(CCCCCCCC)CCCCCCCC)COC(=O)OCCCN(CC)CC. The van der Waals surface area contributed by atoms with Crippen molar-refractivity contribution in [1.82, 2.24) is 4.90 Å². The van der Waals surface area contributed by atoms with Crippen molar-refractivity contribution in [3.63, 3.8) is 0 Å². The van der Waals surface area contributed by atoms with Crippen LogP contribution in [0.4, 0.5) is 4.79 Å². The largest absolute Gasteiger partial charge is 0.508 e. The third kappa shape index (κ3) is 23.5. The van der Waals surface area contributed by atoms with E-state index < -0.39 is 6.16 Å². The lowest BCUT2D eigenvalue weighted by Crippen LogP contribution is -2.25. The lowest BCUT2D eigenvalue weighted by Gasteiger charge is -2.18. The fourth-order valence-electron chi connectivity index (χ4n) is 4.54. The molecule has 0 N–H and O–H groups in total. The number of carbonyl (C=O) groups excluding carboxylic acids is 2. The second-order valence-corrected chi connectivity index (χ2v) is 10.5. The predicted molar refractivity (Wildman–Crippen MR) is 154 cm³/mol. The molecule has 1 radical (unpaired) electrons. The quantitative estimate of drug-likeness (QED) is 0.0833. The van der Waals surface area contributed by atoms with Crippen LogP contribution in [0.3, 0.4) is 0 Å². The third-order valence-electron chi connectivity index (χ3n) is 7.04. The molecule has 0 bridgehead atoms.